The number of rotatable bonds is 72. The van der Waals surface area contributed by atoms with E-state index in [0.29, 0.717) is 25.7 Å². The van der Waals surface area contributed by atoms with Gasteiger partial charge >= 0.3 is 39.5 Å². The van der Waals surface area contributed by atoms with Crippen molar-refractivity contribution in [2.75, 3.05) is 39.6 Å². The lowest BCUT2D eigenvalue weighted by atomic mass is 10.0. The minimum Gasteiger partial charge on any atom is -0.462 e. The van der Waals surface area contributed by atoms with Crippen LogP contribution in [0.1, 0.15) is 362 Å². The van der Waals surface area contributed by atoms with Gasteiger partial charge < -0.3 is 33.8 Å². The summed E-state index contributed by atoms with van der Waals surface area (Å²) < 4.78 is 68.3. The molecule has 0 fully saturated rings. The zero-order valence-corrected chi connectivity index (χ0v) is 60.8. The second kappa shape index (κ2) is 67.1. The van der Waals surface area contributed by atoms with Crippen LogP contribution in [0.5, 0.6) is 0 Å². The fourth-order valence-corrected chi connectivity index (χ4v) is 12.2. The number of hydrogen-bond acceptors (Lipinski definition) is 15. The summed E-state index contributed by atoms with van der Waals surface area (Å²) in [7, 11) is -9.92. The number of carbonyl (C=O) groups is 4. The maximum atomic E-state index is 13.0. The largest absolute Gasteiger partial charge is 0.472 e. The molecule has 0 aromatic carbocycles. The Kier molecular flexibility index (Phi) is 65.3. The Morgan fingerprint density at radius 1 is 0.293 bits per heavy atom. The highest BCUT2D eigenvalue weighted by Gasteiger charge is 2.30. The van der Waals surface area contributed by atoms with Crippen LogP contribution in [-0.2, 0) is 65.4 Å². The van der Waals surface area contributed by atoms with Crippen LogP contribution in [0.2, 0.25) is 0 Å². The van der Waals surface area contributed by atoms with Crippen molar-refractivity contribution < 1.29 is 80.2 Å². The van der Waals surface area contributed by atoms with Crippen LogP contribution in [0.15, 0.2) is 24.3 Å². The third-order valence-corrected chi connectivity index (χ3v) is 18.3. The van der Waals surface area contributed by atoms with Gasteiger partial charge in [-0.3, -0.25) is 37.3 Å². The average molecular weight is 1350 g/mol. The Morgan fingerprint density at radius 3 is 0.793 bits per heavy atom. The number of phosphoric acid groups is 2. The van der Waals surface area contributed by atoms with Crippen molar-refractivity contribution in [3.8, 4) is 0 Å². The molecule has 0 bridgehead atoms. The zero-order chi connectivity index (χ0) is 67.5. The van der Waals surface area contributed by atoms with Gasteiger partial charge in [0.15, 0.2) is 12.2 Å². The molecular weight excluding hydrogens is 1210 g/mol. The fraction of sp³-hybridized carbons (Fsp3) is 0.890. The number of allylic oxidation sites excluding steroid dienone is 4. The molecule has 92 heavy (non-hydrogen) atoms. The molecule has 542 valence electrons. The molecule has 17 nitrogen and oxygen atoms in total. The van der Waals surface area contributed by atoms with Gasteiger partial charge in [0.25, 0.3) is 0 Å². The zero-order valence-electron chi connectivity index (χ0n) is 59.0. The number of aliphatic hydroxyl groups is 1. The molecule has 0 aromatic rings. The molecule has 0 aliphatic rings. The van der Waals surface area contributed by atoms with Gasteiger partial charge in [0.2, 0.25) is 0 Å². The van der Waals surface area contributed by atoms with Gasteiger partial charge in [-0.1, -0.05) is 290 Å². The Balaban J connectivity index is 5.26. The number of aliphatic hydroxyl groups excluding tert-OH is 1. The van der Waals surface area contributed by atoms with E-state index in [1.165, 1.54) is 161 Å². The van der Waals surface area contributed by atoms with E-state index in [0.717, 1.165) is 122 Å². The van der Waals surface area contributed by atoms with Crippen molar-refractivity contribution in [1.82, 2.24) is 0 Å². The van der Waals surface area contributed by atoms with Crippen LogP contribution < -0.4 is 0 Å². The highest BCUT2D eigenvalue weighted by Crippen LogP contribution is 2.45. The molecule has 5 atom stereocenters. The molecule has 0 rings (SSSR count). The lowest BCUT2D eigenvalue weighted by Gasteiger charge is -2.21. The Hall–Kier alpha value is -2.46. The van der Waals surface area contributed by atoms with Crippen LogP contribution in [0.25, 0.3) is 0 Å². The second-order valence-corrected chi connectivity index (χ2v) is 28.5. The summed E-state index contributed by atoms with van der Waals surface area (Å²) in [4.78, 5) is 72.6. The third-order valence-electron chi connectivity index (χ3n) is 16.4. The number of hydrogen-bond donors (Lipinski definition) is 3. The fourth-order valence-electron chi connectivity index (χ4n) is 10.6. The van der Waals surface area contributed by atoms with Crippen molar-refractivity contribution in [3.63, 3.8) is 0 Å². The third kappa shape index (κ3) is 66.2. The predicted octanol–water partition coefficient (Wildman–Crippen LogP) is 21.0. The van der Waals surface area contributed by atoms with Crippen molar-refractivity contribution >= 4 is 39.5 Å². The standard InChI is InChI=1S/C73H138O17P2/c1-5-9-13-17-21-25-29-32-33-36-39-42-46-50-54-58-71(76)84-63-68(89-72(77)59-55-51-47-43-37-28-24-20-16-12-8-4)65-87-91(79,80)85-61-67(74)62-86-92(81,82)88-66-69(90-73(78)60-56-52-48-44-40-35-31-27-23-19-15-11-7-3)64-83-70(75)57-53-49-45-41-38-34-30-26-22-18-14-10-6-2/h20,24,26,30,67-69,74H,5-19,21-23,25,27-29,31-66H2,1-4H3,(H,79,80)(H,81,82)/b24-20-,30-26-. The molecule has 0 radical (unpaired) electrons. The number of carbonyl (C=O) groups excluding carboxylic acids is 4. The lowest BCUT2D eigenvalue weighted by molar-refractivity contribution is -0.161. The first-order valence-electron chi connectivity index (χ1n) is 37.6. The lowest BCUT2D eigenvalue weighted by Crippen LogP contribution is -2.30. The van der Waals surface area contributed by atoms with E-state index in [9.17, 15) is 43.2 Å². The van der Waals surface area contributed by atoms with Gasteiger partial charge in [0.1, 0.15) is 19.3 Å². The molecule has 3 N–H and O–H groups in total. The molecule has 0 amide bonds. The first-order valence-corrected chi connectivity index (χ1v) is 40.6. The quantitative estimate of drug-likeness (QED) is 0.0169. The monoisotopic (exact) mass is 1350 g/mol. The van der Waals surface area contributed by atoms with E-state index in [4.69, 9.17) is 37.0 Å². The van der Waals surface area contributed by atoms with Crippen LogP contribution in [0, 0.1) is 0 Å². The van der Waals surface area contributed by atoms with Crippen LogP contribution >= 0.6 is 15.6 Å². The molecule has 5 unspecified atom stereocenters. The van der Waals surface area contributed by atoms with E-state index >= 15 is 0 Å². The van der Waals surface area contributed by atoms with E-state index in [1.54, 1.807) is 0 Å². The van der Waals surface area contributed by atoms with Gasteiger partial charge in [-0.15, -0.1) is 0 Å². The minimum atomic E-state index is -4.96. The molecular formula is C73H138O17P2. The maximum Gasteiger partial charge on any atom is 0.472 e. The minimum absolute atomic E-state index is 0.0927. The molecule has 0 saturated carbocycles. The van der Waals surface area contributed by atoms with E-state index < -0.39 is 97.5 Å². The maximum absolute atomic E-state index is 13.0. The predicted molar refractivity (Wildman–Crippen MR) is 372 cm³/mol. The molecule has 0 aliphatic heterocycles. The van der Waals surface area contributed by atoms with Crippen molar-refractivity contribution in [2.24, 2.45) is 0 Å². The first kappa shape index (κ1) is 89.5. The second-order valence-electron chi connectivity index (χ2n) is 25.6. The Bertz CT molecular complexity index is 1850. The van der Waals surface area contributed by atoms with Crippen molar-refractivity contribution in [1.29, 1.82) is 0 Å². The van der Waals surface area contributed by atoms with Crippen molar-refractivity contribution in [3.05, 3.63) is 24.3 Å². The summed E-state index contributed by atoms with van der Waals surface area (Å²) in [6.45, 7) is 4.87. The summed E-state index contributed by atoms with van der Waals surface area (Å²) in [6.07, 6.45) is 58.9. The first-order chi connectivity index (χ1) is 44.7. The molecule has 19 heteroatoms. The van der Waals surface area contributed by atoms with Crippen molar-refractivity contribution in [2.45, 2.75) is 380 Å². The topological polar surface area (TPSA) is 237 Å². The Labute approximate surface area is 561 Å². The number of phosphoric ester groups is 2. The normalized spacial score (nSPS) is 14.1. The van der Waals surface area contributed by atoms with Gasteiger partial charge in [-0.2, -0.15) is 0 Å². The van der Waals surface area contributed by atoms with Gasteiger partial charge in [0.05, 0.1) is 26.4 Å². The number of ether oxygens (including phenoxy) is 4. The van der Waals surface area contributed by atoms with Gasteiger partial charge in [-0.25, -0.2) is 9.13 Å². The SMILES string of the molecule is CCCC/C=C\CCCCCCCC(=O)OC(COC(=O)CCCCCCCCCCCCCCCCC)COP(=O)(O)OCC(O)COP(=O)(O)OCC(COC(=O)CCCCCCC/C=C\CCCCCC)OC(=O)CCCCCCCCCCCCCCC. The van der Waals surface area contributed by atoms with Crippen LogP contribution in [-0.4, -0.2) is 96.7 Å². The molecule has 0 heterocycles. The number of esters is 4. The van der Waals surface area contributed by atoms with Gasteiger partial charge in [-0.05, 0) is 70.6 Å². The summed E-state index contributed by atoms with van der Waals surface area (Å²) in [6, 6.07) is 0. The average Bonchev–Trinajstić information content (AvgIpc) is 3.74. The molecule has 0 spiro atoms. The molecule has 0 saturated heterocycles. The summed E-state index contributed by atoms with van der Waals surface area (Å²) in [5, 5.41) is 10.6. The van der Waals surface area contributed by atoms with E-state index in [-0.39, 0.29) is 25.7 Å². The highest BCUT2D eigenvalue weighted by atomic mass is 31.2. The van der Waals surface area contributed by atoms with Gasteiger partial charge in [0, 0.05) is 25.7 Å². The highest BCUT2D eigenvalue weighted by molar-refractivity contribution is 7.47. The summed E-state index contributed by atoms with van der Waals surface area (Å²) >= 11 is 0. The smallest absolute Gasteiger partial charge is 0.462 e. The van der Waals surface area contributed by atoms with E-state index in [2.05, 4.69) is 52.0 Å². The summed E-state index contributed by atoms with van der Waals surface area (Å²) in [5.74, 6) is -2.15. The molecule has 0 aliphatic carbocycles. The Morgan fingerprint density at radius 2 is 0.511 bits per heavy atom. The number of unbranched alkanes of at least 4 members (excludes halogenated alkanes) is 42. The van der Waals surface area contributed by atoms with Crippen LogP contribution in [0.4, 0.5) is 0 Å². The van der Waals surface area contributed by atoms with Crippen LogP contribution in [0.3, 0.4) is 0 Å². The molecule has 0 aromatic heterocycles. The van der Waals surface area contributed by atoms with E-state index in [1.807, 2.05) is 0 Å². The summed E-state index contributed by atoms with van der Waals surface area (Å²) in [5.41, 5.74) is 0.